The van der Waals surface area contributed by atoms with Gasteiger partial charge in [-0.1, -0.05) is 24.3 Å². The van der Waals surface area contributed by atoms with Crippen LogP contribution in [0.15, 0.2) is 45.6 Å². The topological polar surface area (TPSA) is 167 Å². The third-order valence-electron chi connectivity index (χ3n) is 12.7. The van der Waals surface area contributed by atoms with Crippen LogP contribution in [0.4, 0.5) is 15.3 Å². The van der Waals surface area contributed by atoms with E-state index in [1.54, 1.807) is 32.1 Å². The Morgan fingerprint density at radius 1 is 0.881 bits per heavy atom. The van der Waals surface area contributed by atoms with E-state index in [2.05, 4.69) is 10.2 Å². The van der Waals surface area contributed by atoms with E-state index in [0.717, 1.165) is 67.6 Å². The number of amides is 5. The molecule has 1 aromatic heterocycles. The number of hydrogen-bond donors (Lipinski definition) is 1. The number of aryl methyl sites for hydroxylation is 2. The maximum absolute atomic E-state index is 14.3. The van der Waals surface area contributed by atoms with E-state index < -0.39 is 23.9 Å². The molecule has 0 radical (unpaired) electrons. The number of hydrogen-bond acceptors (Lipinski definition) is 10. The molecule has 4 aliphatic heterocycles. The van der Waals surface area contributed by atoms with Crippen molar-refractivity contribution >= 4 is 46.7 Å². The van der Waals surface area contributed by atoms with Gasteiger partial charge >= 0.3 is 23.8 Å². The third-order valence-corrected chi connectivity index (χ3v) is 12.7. The monoisotopic (exact) mass is 815 g/mol. The number of likely N-dealkylation sites (N-methyl/N-ethyl adjacent to an activating group) is 1. The van der Waals surface area contributed by atoms with Crippen LogP contribution in [0.2, 0.25) is 0 Å². The quantitative estimate of drug-likeness (QED) is 0.299. The first-order valence-corrected chi connectivity index (χ1v) is 20.9. The number of para-hydroxylation sites is 1. The number of likely N-dealkylation sites (tertiary alicyclic amines) is 3. The fourth-order valence-corrected chi connectivity index (χ4v) is 9.26. The Morgan fingerprint density at radius 2 is 1.54 bits per heavy atom. The first kappa shape index (κ1) is 41.8. The minimum atomic E-state index is -1.09. The lowest BCUT2D eigenvalue weighted by atomic mass is 9.78. The van der Waals surface area contributed by atoms with Gasteiger partial charge in [0.15, 0.2) is 18.3 Å². The second kappa shape index (κ2) is 18.3. The summed E-state index contributed by atoms with van der Waals surface area (Å²) in [4.78, 5) is 86.6. The molecule has 5 heterocycles. The van der Waals surface area contributed by atoms with Crippen LogP contribution >= 0.6 is 0 Å². The minimum Gasteiger partial charge on any atom is -0.455 e. The number of carbonyl (C=O) groups is 5. The predicted molar refractivity (Wildman–Crippen MR) is 219 cm³/mol. The summed E-state index contributed by atoms with van der Waals surface area (Å²) in [5.74, 6) is -0.483. The summed E-state index contributed by atoms with van der Waals surface area (Å²) in [5, 5.41) is 3.04. The smallest absolute Gasteiger partial charge is 0.419 e. The van der Waals surface area contributed by atoms with Crippen molar-refractivity contribution in [2.45, 2.75) is 70.4 Å². The van der Waals surface area contributed by atoms with Crippen LogP contribution in [-0.4, -0.2) is 144 Å². The number of aromatic nitrogens is 1. The van der Waals surface area contributed by atoms with Crippen molar-refractivity contribution in [3.63, 3.8) is 0 Å². The number of urea groups is 1. The Morgan fingerprint density at radius 3 is 2.24 bits per heavy atom. The molecule has 5 amide bonds. The lowest BCUT2D eigenvalue weighted by molar-refractivity contribution is -0.152. The molecular formula is C43H57N7O9. The number of nitrogens with zero attached hydrogens (tertiary/aromatic N) is 6. The molecule has 0 unspecified atom stereocenters. The minimum absolute atomic E-state index is 0.0314. The van der Waals surface area contributed by atoms with Gasteiger partial charge in [-0.25, -0.2) is 14.4 Å². The van der Waals surface area contributed by atoms with Crippen molar-refractivity contribution < 1.29 is 37.9 Å². The zero-order chi connectivity index (χ0) is 41.8. The zero-order valence-electron chi connectivity index (χ0n) is 34.7. The van der Waals surface area contributed by atoms with Crippen molar-refractivity contribution in [1.82, 2.24) is 29.1 Å². The number of nitrogens with one attached hydrogen (secondary N) is 1. The molecule has 59 heavy (non-hydrogen) atoms. The predicted octanol–water partition coefficient (Wildman–Crippen LogP) is 3.62. The average Bonchev–Trinajstić information content (AvgIpc) is 3.41. The van der Waals surface area contributed by atoms with E-state index in [0.29, 0.717) is 68.5 Å². The fraction of sp³-hybridized carbons (Fsp3) is 0.581. The molecule has 318 valence electrons. The van der Waals surface area contributed by atoms with E-state index in [-0.39, 0.29) is 43.5 Å². The van der Waals surface area contributed by atoms with E-state index in [4.69, 9.17) is 13.9 Å². The Bertz CT molecular complexity index is 2090. The molecule has 1 N–H and O–H groups in total. The Hall–Kier alpha value is -5.38. The largest absolute Gasteiger partial charge is 0.455 e. The number of fused-ring (bicyclic) bond motifs is 2. The molecule has 0 saturated carbocycles. The van der Waals surface area contributed by atoms with Crippen molar-refractivity contribution in [2.75, 3.05) is 78.4 Å². The number of anilines is 1. The first-order valence-electron chi connectivity index (χ1n) is 20.9. The number of esters is 1. The fourth-order valence-electron chi connectivity index (χ4n) is 9.26. The highest BCUT2D eigenvalue weighted by Crippen LogP contribution is 2.33. The molecule has 16 nitrogen and oxygen atoms in total. The van der Waals surface area contributed by atoms with E-state index in [9.17, 15) is 28.8 Å². The number of ether oxygens (including phenoxy) is 2. The Balaban J connectivity index is 0.954. The molecule has 1 atom stereocenters. The van der Waals surface area contributed by atoms with Gasteiger partial charge in [0.1, 0.15) is 0 Å². The standard InChI is InChI=1S/C43H57N7O9/c1-28-23-29(24-35-39(28)46(4)42(55)58-35)25-36(59-43(56)49-20-14-33(15-21-49)50-22-13-32-7-5-6-8-34(32)44-41(50)54)40(53)48-18-11-31(12-19-48)30-9-16-47(17-10-30)26-38(52)57-27-37(51)45(2)3/h5-8,23-24,30-31,33,36H,9-22,25-27H2,1-4H3,(H,44,54)/t36-/m1/s1. The molecule has 7 rings (SSSR count). The Kier molecular flexibility index (Phi) is 12.9. The highest BCUT2D eigenvalue weighted by Gasteiger charge is 2.37. The van der Waals surface area contributed by atoms with Gasteiger partial charge in [-0.2, -0.15) is 0 Å². The highest BCUT2D eigenvalue weighted by molar-refractivity contribution is 5.91. The van der Waals surface area contributed by atoms with Crippen LogP contribution in [0, 0.1) is 18.8 Å². The molecule has 4 aliphatic rings. The second-order valence-electron chi connectivity index (χ2n) is 16.7. The lowest BCUT2D eigenvalue weighted by Crippen LogP contribution is -2.52. The molecule has 16 heteroatoms. The number of carbonyl (C=O) groups excluding carboxylic acids is 5. The van der Waals surface area contributed by atoms with E-state index in [1.165, 1.54) is 9.47 Å². The van der Waals surface area contributed by atoms with Crippen LogP contribution in [0.3, 0.4) is 0 Å². The SMILES string of the molecule is Cc1cc(C[C@@H](OC(=O)N2CCC(N3CCc4ccccc4NC3=O)CC2)C(=O)N2CCC(C3CCN(CC(=O)OCC(=O)N(C)C)CC3)CC2)cc2oc(=O)n(C)c12. The number of benzene rings is 2. The molecule has 3 fully saturated rings. The van der Waals surface area contributed by atoms with Crippen LogP contribution in [-0.2, 0) is 43.7 Å². The molecule has 0 bridgehead atoms. The summed E-state index contributed by atoms with van der Waals surface area (Å²) in [5.41, 5.74) is 4.55. The van der Waals surface area contributed by atoms with Gasteiger partial charge in [0.25, 0.3) is 11.8 Å². The summed E-state index contributed by atoms with van der Waals surface area (Å²) in [6.07, 6.45) is 3.93. The van der Waals surface area contributed by atoms with Gasteiger partial charge in [0, 0.05) is 72.0 Å². The van der Waals surface area contributed by atoms with Crippen molar-refractivity contribution in [3.8, 4) is 0 Å². The summed E-state index contributed by atoms with van der Waals surface area (Å²) in [6.45, 7) is 5.78. The van der Waals surface area contributed by atoms with Gasteiger partial charge in [0.2, 0.25) is 0 Å². The second-order valence-corrected chi connectivity index (χ2v) is 16.7. The van der Waals surface area contributed by atoms with Gasteiger partial charge in [-0.3, -0.25) is 23.9 Å². The van der Waals surface area contributed by atoms with Gasteiger partial charge in [0.05, 0.1) is 12.1 Å². The van der Waals surface area contributed by atoms with Gasteiger partial charge in [-0.05, 0) is 106 Å². The van der Waals surface area contributed by atoms with Crippen molar-refractivity contribution in [1.29, 1.82) is 0 Å². The van der Waals surface area contributed by atoms with Crippen LogP contribution < -0.4 is 11.1 Å². The zero-order valence-corrected chi connectivity index (χ0v) is 34.7. The maximum Gasteiger partial charge on any atom is 0.419 e. The first-order chi connectivity index (χ1) is 28.3. The summed E-state index contributed by atoms with van der Waals surface area (Å²) in [7, 11) is 4.89. The number of piperidine rings is 3. The molecule has 0 spiro atoms. The van der Waals surface area contributed by atoms with E-state index >= 15 is 0 Å². The van der Waals surface area contributed by atoms with Crippen molar-refractivity contribution in [3.05, 3.63) is 63.6 Å². The van der Waals surface area contributed by atoms with Crippen molar-refractivity contribution in [2.24, 2.45) is 18.9 Å². The van der Waals surface area contributed by atoms with Crippen LogP contribution in [0.1, 0.15) is 55.2 Å². The van der Waals surface area contributed by atoms with Crippen LogP contribution in [0.5, 0.6) is 0 Å². The molecule has 0 aliphatic carbocycles. The molecule has 2 aromatic carbocycles. The third kappa shape index (κ3) is 9.75. The normalized spacial score (nSPS) is 19.2. The summed E-state index contributed by atoms with van der Waals surface area (Å²) >= 11 is 0. The summed E-state index contributed by atoms with van der Waals surface area (Å²) < 4.78 is 18.2. The Labute approximate surface area is 344 Å². The maximum atomic E-state index is 14.3. The van der Waals surface area contributed by atoms with E-state index in [1.807, 2.05) is 47.1 Å². The lowest BCUT2D eigenvalue weighted by Gasteiger charge is -2.41. The molecule has 3 aromatic rings. The number of rotatable bonds is 10. The molecular weight excluding hydrogens is 759 g/mol. The average molecular weight is 816 g/mol. The van der Waals surface area contributed by atoms with Gasteiger partial charge in [-0.15, -0.1) is 0 Å². The number of oxazole rings is 1. The molecule has 3 saturated heterocycles. The highest BCUT2D eigenvalue weighted by atomic mass is 16.6. The van der Waals surface area contributed by atoms with Crippen LogP contribution in [0.25, 0.3) is 11.1 Å². The van der Waals surface area contributed by atoms with Gasteiger partial charge < -0.3 is 38.8 Å². The summed E-state index contributed by atoms with van der Waals surface area (Å²) in [6, 6.07) is 11.3.